The Morgan fingerprint density at radius 3 is 1.75 bits per heavy atom. The van der Waals surface area contributed by atoms with Crippen molar-refractivity contribution in [2.75, 3.05) is 0 Å². The summed E-state index contributed by atoms with van der Waals surface area (Å²) in [6, 6.07) is 0.164. The first-order valence-corrected chi connectivity index (χ1v) is 8.39. The van der Waals surface area contributed by atoms with Crippen molar-refractivity contribution in [2.24, 2.45) is 40.7 Å². The molecule has 0 aromatic heterocycles. The van der Waals surface area contributed by atoms with Gasteiger partial charge >= 0.3 is 0 Å². The molecule has 0 aliphatic carbocycles. The maximum Gasteiger partial charge on any atom is 0.00811 e. The lowest BCUT2D eigenvalue weighted by Gasteiger charge is -2.41. The smallest absolute Gasteiger partial charge is 0.00811 e. The molecule has 120 valence electrons. The van der Waals surface area contributed by atoms with E-state index in [1.165, 1.54) is 12.0 Å². The molecule has 0 fully saturated rings. The zero-order chi connectivity index (χ0) is 16.2. The van der Waals surface area contributed by atoms with Gasteiger partial charge in [0.2, 0.25) is 0 Å². The summed E-state index contributed by atoms with van der Waals surface area (Å²) in [6.45, 7) is 25.2. The maximum absolute atomic E-state index is 6.28. The van der Waals surface area contributed by atoms with Crippen LogP contribution >= 0.6 is 0 Å². The largest absolute Gasteiger partial charge is 0.327 e. The molecule has 5 atom stereocenters. The molecular formula is C19H39N. The third kappa shape index (κ3) is 4.91. The SMILES string of the molecule is C=C(C(C)C(CC)C(C)C(C)C)C(C(C)N)C(C)(C)C. The van der Waals surface area contributed by atoms with Gasteiger partial charge in [-0.05, 0) is 41.9 Å². The predicted octanol–water partition coefficient (Wildman–Crippen LogP) is 5.51. The fraction of sp³-hybridized carbons (Fsp3) is 0.895. The minimum absolute atomic E-state index is 0.164. The molecule has 0 aromatic rings. The number of nitrogens with two attached hydrogens (primary N) is 1. The highest BCUT2D eigenvalue weighted by Gasteiger charge is 2.35. The molecule has 0 aromatic carbocycles. The van der Waals surface area contributed by atoms with Crippen LogP contribution in [0.1, 0.15) is 68.7 Å². The molecule has 0 aliphatic heterocycles. The third-order valence-corrected chi connectivity index (χ3v) is 5.28. The van der Waals surface area contributed by atoms with Crippen LogP contribution in [0.4, 0.5) is 0 Å². The Kier molecular flexibility index (Phi) is 7.52. The average Bonchev–Trinajstić information content (AvgIpc) is 2.26. The second kappa shape index (κ2) is 7.64. The molecule has 0 aliphatic rings. The molecule has 0 bridgehead atoms. The Labute approximate surface area is 128 Å². The van der Waals surface area contributed by atoms with Crippen LogP contribution in [0.25, 0.3) is 0 Å². The van der Waals surface area contributed by atoms with E-state index in [0.717, 1.165) is 11.8 Å². The molecule has 2 N–H and O–H groups in total. The minimum atomic E-state index is 0.164. The summed E-state index contributed by atoms with van der Waals surface area (Å²) in [7, 11) is 0. The van der Waals surface area contributed by atoms with Crippen molar-refractivity contribution in [3.8, 4) is 0 Å². The van der Waals surface area contributed by atoms with Gasteiger partial charge in [-0.3, -0.25) is 0 Å². The van der Waals surface area contributed by atoms with Crippen LogP contribution in [-0.4, -0.2) is 6.04 Å². The Morgan fingerprint density at radius 2 is 1.50 bits per heavy atom. The fourth-order valence-electron chi connectivity index (χ4n) is 3.92. The lowest BCUT2D eigenvalue weighted by molar-refractivity contribution is 0.176. The van der Waals surface area contributed by atoms with Crippen LogP contribution in [0.15, 0.2) is 12.2 Å². The van der Waals surface area contributed by atoms with Crippen molar-refractivity contribution in [1.82, 2.24) is 0 Å². The summed E-state index contributed by atoms with van der Waals surface area (Å²) < 4.78 is 0. The van der Waals surface area contributed by atoms with E-state index >= 15 is 0 Å². The lowest BCUT2D eigenvalue weighted by atomic mass is 9.65. The normalized spacial score (nSPS) is 20.4. The quantitative estimate of drug-likeness (QED) is 0.612. The van der Waals surface area contributed by atoms with Gasteiger partial charge in [-0.1, -0.05) is 74.0 Å². The molecule has 20 heavy (non-hydrogen) atoms. The van der Waals surface area contributed by atoms with Crippen molar-refractivity contribution in [3.63, 3.8) is 0 Å². The molecule has 1 heteroatoms. The van der Waals surface area contributed by atoms with Crippen molar-refractivity contribution in [2.45, 2.75) is 74.8 Å². The van der Waals surface area contributed by atoms with Gasteiger partial charge in [-0.25, -0.2) is 0 Å². The highest BCUT2D eigenvalue weighted by Crippen LogP contribution is 2.42. The number of hydrogen-bond donors (Lipinski definition) is 1. The minimum Gasteiger partial charge on any atom is -0.327 e. The average molecular weight is 282 g/mol. The predicted molar refractivity (Wildman–Crippen MR) is 92.7 cm³/mol. The molecule has 0 heterocycles. The Morgan fingerprint density at radius 1 is 1.05 bits per heavy atom. The Balaban J connectivity index is 5.24. The van der Waals surface area contributed by atoms with Gasteiger partial charge in [0.15, 0.2) is 0 Å². The van der Waals surface area contributed by atoms with E-state index in [9.17, 15) is 0 Å². The Hall–Kier alpha value is -0.300. The van der Waals surface area contributed by atoms with Crippen molar-refractivity contribution >= 4 is 0 Å². The lowest BCUT2D eigenvalue weighted by Crippen LogP contribution is -2.40. The zero-order valence-electron chi connectivity index (χ0n) is 15.5. The van der Waals surface area contributed by atoms with Crippen LogP contribution in [0, 0.1) is 35.0 Å². The second-order valence-corrected chi connectivity index (χ2v) is 8.24. The van der Waals surface area contributed by atoms with E-state index < -0.39 is 0 Å². The second-order valence-electron chi connectivity index (χ2n) is 8.24. The molecule has 0 saturated carbocycles. The summed E-state index contributed by atoms with van der Waals surface area (Å²) in [5.74, 6) is 3.06. The zero-order valence-corrected chi connectivity index (χ0v) is 15.5. The van der Waals surface area contributed by atoms with Crippen LogP contribution in [0.5, 0.6) is 0 Å². The van der Waals surface area contributed by atoms with Crippen LogP contribution in [0.2, 0.25) is 0 Å². The maximum atomic E-state index is 6.28. The number of rotatable bonds is 7. The van der Waals surface area contributed by atoms with E-state index in [1.807, 2.05) is 0 Å². The fourth-order valence-corrected chi connectivity index (χ4v) is 3.92. The van der Waals surface area contributed by atoms with Crippen LogP contribution < -0.4 is 5.73 Å². The molecule has 0 saturated heterocycles. The molecule has 1 nitrogen and oxygen atoms in total. The summed E-state index contributed by atoms with van der Waals surface area (Å²) in [5.41, 5.74) is 7.81. The van der Waals surface area contributed by atoms with E-state index in [-0.39, 0.29) is 11.5 Å². The monoisotopic (exact) mass is 281 g/mol. The van der Waals surface area contributed by atoms with Crippen molar-refractivity contribution < 1.29 is 0 Å². The van der Waals surface area contributed by atoms with Gasteiger partial charge in [-0.15, -0.1) is 0 Å². The highest BCUT2D eigenvalue weighted by atomic mass is 14.7. The first-order valence-electron chi connectivity index (χ1n) is 8.39. The molecular weight excluding hydrogens is 242 g/mol. The van der Waals surface area contributed by atoms with Crippen molar-refractivity contribution in [1.29, 1.82) is 0 Å². The summed E-state index contributed by atoms with van der Waals surface area (Å²) >= 11 is 0. The van der Waals surface area contributed by atoms with Crippen molar-refractivity contribution in [3.05, 3.63) is 12.2 Å². The van der Waals surface area contributed by atoms with E-state index in [0.29, 0.717) is 17.8 Å². The van der Waals surface area contributed by atoms with Crippen LogP contribution in [-0.2, 0) is 0 Å². The molecule has 0 radical (unpaired) electrons. The van der Waals surface area contributed by atoms with Gasteiger partial charge in [0.1, 0.15) is 0 Å². The highest BCUT2D eigenvalue weighted by molar-refractivity contribution is 5.12. The number of hydrogen-bond acceptors (Lipinski definition) is 1. The molecule has 0 rings (SSSR count). The molecule has 0 amide bonds. The van der Waals surface area contributed by atoms with E-state index in [1.54, 1.807) is 0 Å². The third-order valence-electron chi connectivity index (χ3n) is 5.28. The van der Waals surface area contributed by atoms with E-state index in [2.05, 4.69) is 68.9 Å². The molecule has 5 unspecified atom stereocenters. The Bertz CT molecular complexity index is 295. The summed E-state index contributed by atoms with van der Waals surface area (Å²) in [4.78, 5) is 0. The van der Waals surface area contributed by atoms with Gasteiger partial charge in [0, 0.05) is 6.04 Å². The van der Waals surface area contributed by atoms with E-state index in [4.69, 9.17) is 5.73 Å². The molecule has 0 spiro atoms. The summed E-state index contributed by atoms with van der Waals surface area (Å²) in [6.07, 6.45) is 1.22. The first kappa shape index (κ1) is 19.7. The first-order chi connectivity index (χ1) is 8.95. The summed E-state index contributed by atoms with van der Waals surface area (Å²) in [5, 5.41) is 0. The van der Waals surface area contributed by atoms with Crippen LogP contribution in [0.3, 0.4) is 0 Å². The van der Waals surface area contributed by atoms with Gasteiger partial charge in [0.25, 0.3) is 0 Å². The van der Waals surface area contributed by atoms with Gasteiger partial charge in [0.05, 0.1) is 0 Å². The van der Waals surface area contributed by atoms with Gasteiger partial charge < -0.3 is 5.73 Å². The topological polar surface area (TPSA) is 26.0 Å². The van der Waals surface area contributed by atoms with Gasteiger partial charge in [-0.2, -0.15) is 0 Å². The standard InChI is InChI=1S/C19H39N/c1-11-17(13(4)12(2)3)14(5)15(6)18(16(7)20)19(8,9)10/h12-14,16-18H,6,11,20H2,1-5,7-10H3.